The Kier molecular flexibility index (Phi) is 2.16. The maximum absolute atomic E-state index is 6.16. The molecule has 3 rings (SSSR count). The Hall–Kier alpha value is -1.88. The summed E-state index contributed by atoms with van der Waals surface area (Å²) in [7, 11) is 0. The largest absolute Gasteiger partial charge is 0.395 e. The second-order valence-corrected chi connectivity index (χ2v) is 4.92. The predicted octanol–water partition coefficient (Wildman–Crippen LogP) is 2.68. The van der Waals surface area contributed by atoms with Gasteiger partial charge >= 0.3 is 0 Å². The summed E-state index contributed by atoms with van der Waals surface area (Å²) in [6, 6.07) is 6.06. The van der Waals surface area contributed by atoms with Crippen molar-refractivity contribution in [2.75, 3.05) is 5.73 Å². The van der Waals surface area contributed by atoms with Gasteiger partial charge in [-0.2, -0.15) is 5.10 Å². The zero-order chi connectivity index (χ0) is 12.0. The van der Waals surface area contributed by atoms with E-state index in [0.717, 1.165) is 27.3 Å². The number of anilines is 1. The average molecular weight is 244 g/mol. The van der Waals surface area contributed by atoms with Crippen molar-refractivity contribution in [2.45, 2.75) is 13.8 Å². The maximum Gasteiger partial charge on any atom is 0.106 e. The molecule has 5 heteroatoms. The highest BCUT2D eigenvalue weighted by Crippen LogP contribution is 2.29. The fraction of sp³-hybridized carbons (Fsp3) is 0.167. The third kappa shape index (κ3) is 1.51. The standard InChI is InChI=1S/C12H12N4S/c1-7-5-8(2)16(15-7)9-3-4-10-12(11(9)13)14-6-17-10/h3-6H,13H2,1-2H3. The van der Waals surface area contributed by atoms with Gasteiger partial charge in [0.15, 0.2) is 0 Å². The Morgan fingerprint density at radius 1 is 1.29 bits per heavy atom. The molecule has 1 aromatic carbocycles. The molecule has 0 unspecified atom stereocenters. The molecule has 0 aliphatic carbocycles. The number of thiazole rings is 1. The van der Waals surface area contributed by atoms with Crippen LogP contribution in [0.25, 0.3) is 15.9 Å². The molecule has 0 bridgehead atoms. The monoisotopic (exact) mass is 244 g/mol. The SMILES string of the molecule is Cc1cc(C)n(-c2ccc3scnc3c2N)n1. The molecule has 4 nitrogen and oxygen atoms in total. The van der Waals surface area contributed by atoms with Crippen LogP contribution in [-0.4, -0.2) is 14.8 Å². The van der Waals surface area contributed by atoms with E-state index in [1.807, 2.05) is 42.2 Å². The summed E-state index contributed by atoms with van der Waals surface area (Å²) < 4.78 is 2.97. The zero-order valence-corrected chi connectivity index (χ0v) is 10.5. The Labute approximate surface area is 103 Å². The molecule has 2 aromatic heterocycles. The summed E-state index contributed by atoms with van der Waals surface area (Å²) in [5, 5.41) is 4.44. The number of fused-ring (bicyclic) bond motifs is 1. The number of rotatable bonds is 1. The van der Waals surface area contributed by atoms with E-state index in [1.54, 1.807) is 11.3 Å². The smallest absolute Gasteiger partial charge is 0.106 e. The lowest BCUT2D eigenvalue weighted by atomic mass is 10.2. The molecule has 0 saturated carbocycles. The number of nitrogen functional groups attached to an aromatic ring is 1. The van der Waals surface area contributed by atoms with Crippen LogP contribution in [0, 0.1) is 13.8 Å². The number of aromatic nitrogens is 3. The summed E-state index contributed by atoms with van der Waals surface area (Å²) in [4.78, 5) is 4.29. The van der Waals surface area contributed by atoms with E-state index in [-0.39, 0.29) is 0 Å². The molecule has 0 fully saturated rings. The molecule has 17 heavy (non-hydrogen) atoms. The van der Waals surface area contributed by atoms with E-state index >= 15 is 0 Å². The van der Waals surface area contributed by atoms with Gasteiger partial charge in [-0.1, -0.05) is 0 Å². The zero-order valence-electron chi connectivity index (χ0n) is 9.64. The number of nitrogens with two attached hydrogens (primary N) is 1. The predicted molar refractivity (Wildman–Crippen MR) is 70.6 cm³/mol. The van der Waals surface area contributed by atoms with Crippen molar-refractivity contribution in [3.63, 3.8) is 0 Å². The molecular weight excluding hydrogens is 232 g/mol. The molecule has 0 atom stereocenters. The molecule has 2 heterocycles. The molecule has 0 amide bonds. The van der Waals surface area contributed by atoms with Gasteiger partial charge in [-0.25, -0.2) is 9.67 Å². The van der Waals surface area contributed by atoms with Gasteiger partial charge in [-0.3, -0.25) is 0 Å². The van der Waals surface area contributed by atoms with E-state index in [2.05, 4.69) is 10.1 Å². The van der Waals surface area contributed by atoms with Crippen LogP contribution in [0.5, 0.6) is 0 Å². The minimum absolute atomic E-state index is 0.690. The van der Waals surface area contributed by atoms with Gasteiger partial charge in [0.2, 0.25) is 0 Å². The first kappa shape index (κ1) is 10.3. The quantitative estimate of drug-likeness (QED) is 0.669. The van der Waals surface area contributed by atoms with Gasteiger partial charge in [0.1, 0.15) is 5.52 Å². The second-order valence-electron chi connectivity index (χ2n) is 4.04. The molecule has 86 valence electrons. The van der Waals surface area contributed by atoms with Crippen molar-refractivity contribution in [3.05, 3.63) is 35.1 Å². The molecule has 0 saturated heterocycles. The van der Waals surface area contributed by atoms with Crippen molar-refractivity contribution >= 4 is 27.2 Å². The summed E-state index contributed by atoms with van der Waals surface area (Å²) >= 11 is 1.59. The molecule has 0 aliphatic heterocycles. The number of hydrogen-bond donors (Lipinski definition) is 1. The summed E-state index contributed by atoms with van der Waals surface area (Å²) in [6.45, 7) is 3.99. The molecule has 2 N–H and O–H groups in total. The Balaban J connectivity index is 2.30. The molecule has 0 aliphatic rings. The first-order chi connectivity index (χ1) is 8.16. The first-order valence-electron chi connectivity index (χ1n) is 5.32. The van der Waals surface area contributed by atoms with Gasteiger partial charge in [0, 0.05) is 5.69 Å². The summed E-state index contributed by atoms with van der Waals surface area (Å²) in [5.74, 6) is 0. The van der Waals surface area contributed by atoms with Crippen molar-refractivity contribution in [2.24, 2.45) is 0 Å². The van der Waals surface area contributed by atoms with Gasteiger partial charge in [-0.15, -0.1) is 11.3 Å². The van der Waals surface area contributed by atoms with Crippen LogP contribution in [0.15, 0.2) is 23.7 Å². The highest BCUT2D eigenvalue weighted by atomic mass is 32.1. The van der Waals surface area contributed by atoms with Crippen molar-refractivity contribution in [3.8, 4) is 5.69 Å². The van der Waals surface area contributed by atoms with E-state index < -0.39 is 0 Å². The number of aryl methyl sites for hydroxylation is 2. The summed E-state index contributed by atoms with van der Waals surface area (Å²) in [6.07, 6.45) is 0. The van der Waals surface area contributed by atoms with Crippen LogP contribution in [0.4, 0.5) is 5.69 Å². The number of benzene rings is 1. The minimum atomic E-state index is 0.690. The second kappa shape index (κ2) is 3.56. The molecular formula is C12H12N4S. The van der Waals surface area contributed by atoms with Crippen LogP contribution < -0.4 is 5.73 Å². The van der Waals surface area contributed by atoms with Gasteiger partial charge in [0.25, 0.3) is 0 Å². The van der Waals surface area contributed by atoms with Crippen LogP contribution in [0.1, 0.15) is 11.4 Å². The lowest BCUT2D eigenvalue weighted by Gasteiger charge is -2.08. The molecule has 0 spiro atoms. The number of nitrogens with zero attached hydrogens (tertiary/aromatic N) is 3. The van der Waals surface area contributed by atoms with E-state index in [9.17, 15) is 0 Å². The van der Waals surface area contributed by atoms with E-state index in [4.69, 9.17) is 5.73 Å². The molecule has 3 aromatic rings. The van der Waals surface area contributed by atoms with Crippen LogP contribution in [-0.2, 0) is 0 Å². The van der Waals surface area contributed by atoms with E-state index in [0.29, 0.717) is 5.69 Å². The Bertz CT molecular complexity index is 696. The van der Waals surface area contributed by atoms with Crippen molar-refractivity contribution in [1.82, 2.24) is 14.8 Å². The highest BCUT2D eigenvalue weighted by molar-refractivity contribution is 7.16. The van der Waals surface area contributed by atoms with Crippen LogP contribution in [0.3, 0.4) is 0 Å². The van der Waals surface area contributed by atoms with Crippen molar-refractivity contribution < 1.29 is 0 Å². The first-order valence-corrected chi connectivity index (χ1v) is 6.20. The fourth-order valence-electron chi connectivity index (χ4n) is 2.00. The highest BCUT2D eigenvalue weighted by Gasteiger charge is 2.11. The lowest BCUT2D eigenvalue weighted by molar-refractivity contribution is 0.836. The minimum Gasteiger partial charge on any atom is -0.395 e. The number of hydrogen-bond acceptors (Lipinski definition) is 4. The fourth-order valence-corrected chi connectivity index (χ4v) is 2.69. The topological polar surface area (TPSA) is 56.7 Å². The average Bonchev–Trinajstić information content (AvgIpc) is 2.86. The van der Waals surface area contributed by atoms with Gasteiger partial charge in [0.05, 0.1) is 27.3 Å². The Morgan fingerprint density at radius 3 is 2.82 bits per heavy atom. The summed E-state index contributed by atoms with van der Waals surface area (Å²) in [5.41, 5.74) is 12.5. The van der Waals surface area contributed by atoms with Crippen molar-refractivity contribution in [1.29, 1.82) is 0 Å². The van der Waals surface area contributed by atoms with E-state index in [1.165, 1.54) is 0 Å². The van der Waals surface area contributed by atoms with Gasteiger partial charge < -0.3 is 5.73 Å². The normalized spacial score (nSPS) is 11.2. The lowest BCUT2D eigenvalue weighted by Crippen LogP contribution is -2.03. The van der Waals surface area contributed by atoms with Gasteiger partial charge in [-0.05, 0) is 32.0 Å². The molecule has 0 radical (unpaired) electrons. The third-order valence-corrected chi connectivity index (χ3v) is 3.55. The van der Waals surface area contributed by atoms with Crippen LogP contribution >= 0.6 is 11.3 Å². The maximum atomic E-state index is 6.16. The third-order valence-electron chi connectivity index (χ3n) is 2.76. The Morgan fingerprint density at radius 2 is 2.12 bits per heavy atom. The van der Waals surface area contributed by atoms with Crippen LogP contribution in [0.2, 0.25) is 0 Å².